The Balaban J connectivity index is 5.27. The Morgan fingerprint density at radius 2 is 0.552 bits per heavy atom. The summed E-state index contributed by atoms with van der Waals surface area (Å²) in [5.41, 5.74) is 0. The smallest absolute Gasteiger partial charge is 0.462 e. The van der Waals surface area contributed by atoms with Crippen molar-refractivity contribution in [3.8, 4) is 0 Å². The first kappa shape index (κ1) is 85.1. The van der Waals surface area contributed by atoms with Crippen LogP contribution in [0, 0.1) is 23.7 Å². The van der Waals surface area contributed by atoms with Crippen molar-refractivity contribution in [2.45, 2.75) is 350 Å². The zero-order valence-corrected chi connectivity index (χ0v) is 58.4. The molecule has 17 nitrogen and oxygen atoms in total. The molecule has 0 heterocycles. The fourth-order valence-corrected chi connectivity index (χ4v) is 11.6. The number of phosphoric acid groups is 2. The summed E-state index contributed by atoms with van der Waals surface area (Å²) in [6.07, 6.45) is 38.8. The van der Waals surface area contributed by atoms with Crippen LogP contribution in [-0.4, -0.2) is 96.7 Å². The van der Waals surface area contributed by atoms with E-state index in [1.807, 2.05) is 0 Å². The molecule has 0 radical (unpaired) electrons. The SMILES string of the molecule is CCC(C)CCCCCCCCCCCCC(=O)O[C@H](COC(=O)CCCCCCCCC(C)CC)COP(=O)(O)OC[C@H](O)COP(=O)(O)OC[C@@H](COC(=O)CCCCCCCCCCC(C)C)OC(=O)CCCCCCCCCCC(C)CC. The number of unbranched alkanes of at least 4 members (excludes halogenated alkanes) is 28. The molecule has 0 aliphatic rings. The van der Waals surface area contributed by atoms with Crippen LogP contribution in [0.2, 0.25) is 0 Å². The maximum atomic E-state index is 13.0. The zero-order chi connectivity index (χ0) is 64.7. The molecule has 3 N–H and O–H groups in total. The topological polar surface area (TPSA) is 237 Å². The van der Waals surface area contributed by atoms with Crippen molar-refractivity contribution >= 4 is 39.5 Å². The van der Waals surface area contributed by atoms with Crippen molar-refractivity contribution in [3.63, 3.8) is 0 Å². The number of carbonyl (C=O) groups is 4. The van der Waals surface area contributed by atoms with E-state index in [9.17, 15) is 43.2 Å². The highest BCUT2D eigenvalue weighted by molar-refractivity contribution is 7.47. The maximum Gasteiger partial charge on any atom is 0.472 e. The van der Waals surface area contributed by atoms with Crippen molar-refractivity contribution in [1.29, 1.82) is 0 Å². The molecule has 87 heavy (non-hydrogen) atoms. The molecule has 516 valence electrons. The van der Waals surface area contributed by atoms with Gasteiger partial charge < -0.3 is 33.8 Å². The van der Waals surface area contributed by atoms with E-state index in [1.165, 1.54) is 128 Å². The number of hydrogen-bond acceptors (Lipinski definition) is 15. The second-order valence-corrected chi connectivity index (χ2v) is 28.7. The lowest BCUT2D eigenvalue weighted by Crippen LogP contribution is -2.30. The van der Waals surface area contributed by atoms with E-state index >= 15 is 0 Å². The van der Waals surface area contributed by atoms with Crippen LogP contribution in [0.15, 0.2) is 0 Å². The lowest BCUT2D eigenvalue weighted by molar-refractivity contribution is -0.161. The van der Waals surface area contributed by atoms with Crippen molar-refractivity contribution in [1.82, 2.24) is 0 Å². The van der Waals surface area contributed by atoms with Crippen LogP contribution in [-0.2, 0) is 65.4 Å². The Kier molecular flexibility index (Phi) is 56.6. The van der Waals surface area contributed by atoms with E-state index in [1.54, 1.807) is 0 Å². The Morgan fingerprint density at radius 1 is 0.322 bits per heavy atom. The number of ether oxygens (including phenoxy) is 4. The molecule has 0 saturated carbocycles. The first-order chi connectivity index (χ1) is 41.7. The third kappa shape index (κ3) is 58.9. The highest BCUT2D eigenvalue weighted by Gasteiger charge is 2.30. The largest absolute Gasteiger partial charge is 0.472 e. The summed E-state index contributed by atoms with van der Waals surface area (Å²) in [6.45, 7) is 14.1. The van der Waals surface area contributed by atoms with Gasteiger partial charge in [0.25, 0.3) is 0 Å². The second-order valence-electron chi connectivity index (χ2n) is 25.8. The van der Waals surface area contributed by atoms with Gasteiger partial charge in [0.05, 0.1) is 26.4 Å². The van der Waals surface area contributed by atoms with E-state index in [-0.39, 0.29) is 25.7 Å². The molecule has 0 aromatic rings. The molecule has 19 heteroatoms. The van der Waals surface area contributed by atoms with Gasteiger partial charge in [-0.25, -0.2) is 9.13 Å². The molecule has 8 atom stereocenters. The van der Waals surface area contributed by atoms with E-state index in [4.69, 9.17) is 37.0 Å². The van der Waals surface area contributed by atoms with E-state index in [0.717, 1.165) is 120 Å². The van der Waals surface area contributed by atoms with E-state index in [2.05, 4.69) is 55.4 Å². The molecule has 0 aromatic carbocycles. The Labute approximate surface area is 530 Å². The summed E-state index contributed by atoms with van der Waals surface area (Å²) < 4.78 is 68.2. The molecule has 0 bridgehead atoms. The summed E-state index contributed by atoms with van der Waals surface area (Å²) in [4.78, 5) is 72.4. The zero-order valence-electron chi connectivity index (χ0n) is 56.6. The number of aliphatic hydroxyl groups is 1. The van der Waals surface area contributed by atoms with Gasteiger partial charge in [-0.15, -0.1) is 0 Å². The second kappa shape index (κ2) is 57.9. The van der Waals surface area contributed by atoms with Crippen LogP contribution in [0.3, 0.4) is 0 Å². The van der Waals surface area contributed by atoms with Crippen molar-refractivity contribution in [2.24, 2.45) is 23.7 Å². The van der Waals surface area contributed by atoms with Gasteiger partial charge in [-0.1, -0.05) is 280 Å². The van der Waals surface area contributed by atoms with Gasteiger partial charge >= 0.3 is 39.5 Å². The lowest BCUT2D eigenvalue weighted by atomic mass is 9.99. The molecular weight excluding hydrogens is 1150 g/mol. The molecule has 0 rings (SSSR count). The molecule has 0 aliphatic heterocycles. The van der Waals surface area contributed by atoms with Crippen LogP contribution >= 0.6 is 15.6 Å². The van der Waals surface area contributed by atoms with Crippen molar-refractivity contribution < 1.29 is 80.2 Å². The first-order valence-corrected chi connectivity index (χ1v) is 38.3. The van der Waals surface area contributed by atoms with Crippen LogP contribution in [0.4, 0.5) is 0 Å². The quantitative estimate of drug-likeness (QED) is 0.0222. The number of phosphoric ester groups is 2. The lowest BCUT2D eigenvalue weighted by Gasteiger charge is -2.21. The average molecular weight is 1280 g/mol. The van der Waals surface area contributed by atoms with E-state index < -0.39 is 97.5 Å². The normalized spacial score (nSPS) is 15.3. The summed E-state index contributed by atoms with van der Waals surface area (Å²) in [5.74, 6) is 0.895. The third-order valence-electron chi connectivity index (χ3n) is 16.7. The first-order valence-electron chi connectivity index (χ1n) is 35.3. The average Bonchev–Trinajstić information content (AvgIpc) is 3.59. The van der Waals surface area contributed by atoms with Gasteiger partial charge in [0.1, 0.15) is 19.3 Å². The molecule has 0 aromatic heterocycles. The minimum Gasteiger partial charge on any atom is -0.462 e. The fraction of sp³-hybridized carbons (Fsp3) is 0.941. The predicted octanol–water partition coefficient (Wildman–Crippen LogP) is 18.9. The highest BCUT2D eigenvalue weighted by Crippen LogP contribution is 2.45. The Bertz CT molecular complexity index is 1740. The Hall–Kier alpha value is -1.94. The minimum absolute atomic E-state index is 0.104. The fourth-order valence-electron chi connectivity index (χ4n) is 10.0. The molecular formula is C68H132O17P2. The van der Waals surface area contributed by atoms with Gasteiger partial charge in [-0.2, -0.15) is 0 Å². The molecule has 0 saturated heterocycles. The molecule has 0 amide bonds. The monoisotopic (exact) mass is 1280 g/mol. The maximum absolute atomic E-state index is 13.0. The van der Waals surface area contributed by atoms with Crippen molar-refractivity contribution in [2.75, 3.05) is 39.6 Å². The van der Waals surface area contributed by atoms with Gasteiger partial charge in [-0.05, 0) is 49.4 Å². The molecule has 0 spiro atoms. The van der Waals surface area contributed by atoms with Gasteiger partial charge in [0, 0.05) is 25.7 Å². The van der Waals surface area contributed by atoms with Crippen LogP contribution in [0.5, 0.6) is 0 Å². The summed E-state index contributed by atoms with van der Waals surface area (Å²) in [5, 5.41) is 10.6. The van der Waals surface area contributed by atoms with Crippen LogP contribution in [0.25, 0.3) is 0 Å². The standard InChI is InChI=1S/C68H132O17P2/c1-9-59(6)45-37-29-21-14-12-13-15-24-34-42-50-67(72)84-64(55-79-66(71)49-41-33-27-26-31-39-47-61(8)11-3)57-83-87(76,77)81-53-62(69)52-80-86(74,75)82-56-63(54-78-65(70)48-40-32-23-18-16-20-28-36-44-58(4)5)85-68(73)51-43-35-25-19-17-22-30-38-46-60(7)10-2/h58-64,69H,9-57H2,1-8H3,(H,74,75)(H,76,77)/t59?,60?,61?,62-,63-,64-/m1/s1. The number of hydrogen-bond donors (Lipinski definition) is 3. The minimum atomic E-state index is -4.95. The van der Waals surface area contributed by atoms with Crippen LogP contribution < -0.4 is 0 Å². The number of carbonyl (C=O) groups excluding carboxylic acids is 4. The van der Waals surface area contributed by atoms with Gasteiger partial charge in [0.2, 0.25) is 0 Å². The summed E-state index contributed by atoms with van der Waals surface area (Å²) >= 11 is 0. The van der Waals surface area contributed by atoms with Gasteiger partial charge in [-0.3, -0.25) is 37.3 Å². The number of aliphatic hydroxyl groups excluding tert-OH is 1. The number of rotatable bonds is 65. The van der Waals surface area contributed by atoms with Crippen LogP contribution in [0.1, 0.15) is 331 Å². The molecule has 0 aliphatic carbocycles. The number of esters is 4. The predicted molar refractivity (Wildman–Crippen MR) is 349 cm³/mol. The Morgan fingerprint density at radius 3 is 0.816 bits per heavy atom. The molecule has 5 unspecified atom stereocenters. The van der Waals surface area contributed by atoms with Gasteiger partial charge in [0.15, 0.2) is 12.2 Å². The third-order valence-corrected chi connectivity index (χ3v) is 18.6. The highest BCUT2D eigenvalue weighted by atomic mass is 31.2. The van der Waals surface area contributed by atoms with E-state index in [0.29, 0.717) is 25.7 Å². The molecule has 0 fully saturated rings. The summed E-state index contributed by atoms with van der Waals surface area (Å²) in [6, 6.07) is 0. The van der Waals surface area contributed by atoms with Crippen molar-refractivity contribution in [3.05, 3.63) is 0 Å². The summed E-state index contributed by atoms with van der Waals surface area (Å²) in [7, 11) is -9.90.